The summed E-state index contributed by atoms with van der Waals surface area (Å²) in [6, 6.07) is 7.35. The van der Waals surface area contributed by atoms with Crippen LogP contribution in [-0.4, -0.2) is 22.4 Å². The van der Waals surface area contributed by atoms with E-state index in [-0.39, 0.29) is 11.4 Å². The van der Waals surface area contributed by atoms with Crippen LogP contribution in [0.15, 0.2) is 42.7 Å². The molecule has 0 aliphatic rings. The number of rotatable bonds is 5. The first-order valence-electron chi connectivity index (χ1n) is 6.24. The minimum absolute atomic E-state index is 0.116. The first-order valence-corrected chi connectivity index (χ1v) is 6.24. The Balaban J connectivity index is 2.27. The predicted octanol–water partition coefficient (Wildman–Crippen LogP) is 2.64. The predicted molar refractivity (Wildman–Crippen MR) is 76.5 cm³/mol. The van der Waals surface area contributed by atoms with E-state index in [4.69, 9.17) is 4.74 Å². The van der Waals surface area contributed by atoms with Crippen molar-refractivity contribution in [1.82, 2.24) is 4.98 Å². The molecule has 0 bridgehead atoms. The van der Waals surface area contributed by atoms with E-state index < -0.39 is 10.8 Å². The zero-order valence-corrected chi connectivity index (χ0v) is 11.3. The highest BCUT2D eigenvalue weighted by Crippen LogP contribution is 2.29. The van der Waals surface area contributed by atoms with Gasteiger partial charge in [-0.1, -0.05) is 0 Å². The number of aromatic nitrogens is 1. The Labute approximate surface area is 120 Å². The van der Waals surface area contributed by atoms with Gasteiger partial charge in [-0.15, -0.1) is 0 Å². The number of nitro groups is 1. The van der Waals surface area contributed by atoms with Crippen molar-refractivity contribution in [3.8, 4) is 5.75 Å². The highest BCUT2D eigenvalue weighted by Gasteiger charge is 2.17. The van der Waals surface area contributed by atoms with E-state index in [0.717, 1.165) is 0 Å². The summed E-state index contributed by atoms with van der Waals surface area (Å²) in [4.78, 5) is 26.3. The number of nitrogens with one attached hydrogen (secondary N) is 1. The maximum atomic E-state index is 12.0. The Morgan fingerprint density at radius 3 is 2.67 bits per heavy atom. The highest BCUT2D eigenvalue weighted by molar-refractivity contribution is 6.05. The molecule has 1 aromatic carbocycles. The number of pyridine rings is 1. The molecule has 0 aliphatic heterocycles. The summed E-state index contributed by atoms with van der Waals surface area (Å²) in [5.74, 6) is -0.0595. The van der Waals surface area contributed by atoms with E-state index in [1.54, 1.807) is 13.0 Å². The van der Waals surface area contributed by atoms with Gasteiger partial charge in [-0.2, -0.15) is 0 Å². The molecular formula is C14H13N3O4. The van der Waals surface area contributed by atoms with Gasteiger partial charge in [0.15, 0.2) is 0 Å². The van der Waals surface area contributed by atoms with Crippen LogP contribution >= 0.6 is 0 Å². The zero-order valence-electron chi connectivity index (χ0n) is 11.3. The molecule has 1 amide bonds. The summed E-state index contributed by atoms with van der Waals surface area (Å²) in [6.07, 6.45) is 2.95. The van der Waals surface area contributed by atoms with Crippen LogP contribution in [0, 0.1) is 10.1 Å². The van der Waals surface area contributed by atoms with Gasteiger partial charge in [0.1, 0.15) is 11.4 Å². The number of hydrogen-bond acceptors (Lipinski definition) is 5. The first-order chi connectivity index (χ1) is 10.1. The summed E-state index contributed by atoms with van der Waals surface area (Å²) in [5.41, 5.74) is 0.266. The van der Waals surface area contributed by atoms with E-state index >= 15 is 0 Å². The van der Waals surface area contributed by atoms with Gasteiger partial charge in [-0.25, -0.2) is 0 Å². The molecule has 21 heavy (non-hydrogen) atoms. The minimum Gasteiger partial charge on any atom is -0.494 e. The maximum Gasteiger partial charge on any atom is 0.296 e. The molecule has 0 saturated carbocycles. The van der Waals surface area contributed by atoms with Crippen molar-refractivity contribution in [2.75, 3.05) is 11.9 Å². The number of anilines is 1. The topological polar surface area (TPSA) is 94.4 Å². The first kappa shape index (κ1) is 14.4. The van der Waals surface area contributed by atoms with E-state index in [9.17, 15) is 14.9 Å². The standard InChI is InChI=1S/C14H13N3O4/c1-2-21-11-3-4-12(13(9-11)17(19)20)16-14(18)10-5-7-15-8-6-10/h3-9H,2H2,1H3,(H,16,18). The van der Waals surface area contributed by atoms with Crippen molar-refractivity contribution in [3.63, 3.8) is 0 Å². The number of ether oxygens (including phenoxy) is 1. The average molecular weight is 287 g/mol. The normalized spacial score (nSPS) is 9.95. The van der Waals surface area contributed by atoms with E-state index in [0.29, 0.717) is 17.9 Å². The number of nitrogens with zero attached hydrogens (tertiary/aromatic N) is 2. The number of amides is 1. The molecule has 1 heterocycles. The van der Waals surface area contributed by atoms with Crippen LogP contribution in [0.5, 0.6) is 5.75 Å². The lowest BCUT2D eigenvalue weighted by Gasteiger charge is -2.08. The van der Waals surface area contributed by atoms with E-state index in [2.05, 4.69) is 10.3 Å². The van der Waals surface area contributed by atoms with Gasteiger partial charge in [-0.05, 0) is 31.2 Å². The SMILES string of the molecule is CCOc1ccc(NC(=O)c2ccncc2)c([N+](=O)[O-])c1. The Bertz CT molecular complexity index is 659. The minimum atomic E-state index is -0.565. The van der Waals surface area contributed by atoms with Crippen molar-refractivity contribution < 1.29 is 14.5 Å². The van der Waals surface area contributed by atoms with Gasteiger partial charge in [0, 0.05) is 18.0 Å². The largest absolute Gasteiger partial charge is 0.494 e. The smallest absolute Gasteiger partial charge is 0.296 e. The van der Waals surface area contributed by atoms with Crippen LogP contribution < -0.4 is 10.1 Å². The molecule has 2 aromatic rings. The zero-order chi connectivity index (χ0) is 15.2. The third kappa shape index (κ3) is 3.53. The van der Waals surface area contributed by atoms with E-state index in [1.807, 2.05) is 0 Å². The van der Waals surface area contributed by atoms with Gasteiger partial charge >= 0.3 is 0 Å². The molecule has 0 radical (unpaired) electrons. The Morgan fingerprint density at radius 1 is 1.33 bits per heavy atom. The summed E-state index contributed by atoms with van der Waals surface area (Å²) in [7, 11) is 0. The molecule has 0 spiro atoms. The van der Waals surface area contributed by atoms with Gasteiger partial charge < -0.3 is 10.1 Å². The number of hydrogen-bond donors (Lipinski definition) is 1. The van der Waals surface area contributed by atoms with Gasteiger partial charge in [0.05, 0.1) is 17.6 Å². The van der Waals surface area contributed by atoms with Crippen molar-refractivity contribution in [3.05, 3.63) is 58.4 Å². The summed E-state index contributed by atoms with van der Waals surface area (Å²) >= 11 is 0. The second-order valence-corrected chi connectivity index (χ2v) is 4.06. The molecule has 108 valence electrons. The number of carbonyl (C=O) groups is 1. The highest BCUT2D eigenvalue weighted by atomic mass is 16.6. The third-order valence-electron chi connectivity index (χ3n) is 2.67. The molecule has 0 atom stereocenters. The molecule has 0 unspecified atom stereocenters. The fourth-order valence-electron chi connectivity index (χ4n) is 1.72. The molecule has 7 heteroatoms. The van der Waals surface area contributed by atoms with Crippen LogP contribution in [0.4, 0.5) is 11.4 Å². The van der Waals surface area contributed by atoms with Gasteiger partial charge in [0.2, 0.25) is 0 Å². The van der Waals surface area contributed by atoms with E-state index in [1.165, 1.54) is 36.7 Å². The van der Waals surface area contributed by atoms with Crippen molar-refractivity contribution in [2.24, 2.45) is 0 Å². The quantitative estimate of drug-likeness (QED) is 0.673. The van der Waals surface area contributed by atoms with Gasteiger partial charge in [0.25, 0.3) is 11.6 Å². The molecule has 7 nitrogen and oxygen atoms in total. The van der Waals surface area contributed by atoms with Crippen LogP contribution in [0.2, 0.25) is 0 Å². The van der Waals surface area contributed by atoms with Crippen LogP contribution in [-0.2, 0) is 0 Å². The third-order valence-corrected chi connectivity index (χ3v) is 2.67. The number of nitro benzene ring substituents is 1. The molecule has 0 aliphatic carbocycles. The molecule has 1 N–H and O–H groups in total. The van der Waals surface area contributed by atoms with Gasteiger partial charge in [-0.3, -0.25) is 19.9 Å². The maximum absolute atomic E-state index is 12.0. The van der Waals surface area contributed by atoms with Crippen molar-refractivity contribution >= 4 is 17.3 Å². The lowest BCUT2D eigenvalue weighted by atomic mass is 10.2. The lowest BCUT2D eigenvalue weighted by molar-refractivity contribution is -0.384. The lowest BCUT2D eigenvalue weighted by Crippen LogP contribution is -2.13. The molecule has 0 saturated heterocycles. The Kier molecular flexibility index (Phi) is 4.45. The molecular weight excluding hydrogens is 274 g/mol. The summed E-state index contributed by atoms with van der Waals surface area (Å²) < 4.78 is 5.22. The van der Waals surface area contributed by atoms with Crippen molar-refractivity contribution in [1.29, 1.82) is 0 Å². The number of benzene rings is 1. The van der Waals surface area contributed by atoms with Crippen molar-refractivity contribution in [2.45, 2.75) is 6.92 Å². The second kappa shape index (κ2) is 6.47. The monoisotopic (exact) mass is 287 g/mol. The Morgan fingerprint density at radius 2 is 2.05 bits per heavy atom. The fourth-order valence-corrected chi connectivity index (χ4v) is 1.72. The van der Waals surface area contributed by atoms with Crippen LogP contribution in [0.25, 0.3) is 0 Å². The van der Waals surface area contributed by atoms with Crippen LogP contribution in [0.1, 0.15) is 17.3 Å². The average Bonchev–Trinajstić information content (AvgIpc) is 2.49. The molecule has 2 rings (SSSR count). The Hall–Kier alpha value is -2.96. The van der Waals surface area contributed by atoms with Crippen LogP contribution in [0.3, 0.4) is 0 Å². The molecule has 0 fully saturated rings. The number of carbonyl (C=O) groups excluding carboxylic acids is 1. The summed E-state index contributed by atoms with van der Waals surface area (Å²) in [5, 5.41) is 13.6. The second-order valence-electron chi connectivity index (χ2n) is 4.06. The molecule has 1 aromatic heterocycles. The fraction of sp³-hybridized carbons (Fsp3) is 0.143. The summed E-state index contributed by atoms with van der Waals surface area (Å²) in [6.45, 7) is 2.19.